The maximum Gasteiger partial charge on any atom is 0.313 e. The zero-order chi connectivity index (χ0) is 13.9. The van der Waals surface area contributed by atoms with Crippen molar-refractivity contribution < 1.29 is 4.92 Å². The molecule has 18 heavy (non-hydrogen) atoms. The molecule has 0 aliphatic heterocycles. The van der Waals surface area contributed by atoms with Crippen molar-refractivity contribution in [1.82, 2.24) is 9.78 Å². The van der Waals surface area contributed by atoms with E-state index in [0.29, 0.717) is 5.69 Å². The molecular weight excluding hydrogens is 298 g/mol. The Morgan fingerprint density at radius 3 is 2.50 bits per heavy atom. The van der Waals surface area contributed by atoms with E-state index in [9.17, 15) is 10.1 Å². The lowest BCUT2D eigenvalue weighted by Gasteiger charge is -2.18. The van der Waals surface area contributed by atoms with Gasteiger partial charge in [-0.3, -0.25) is 14.8 Å². The molecule has 0 aliphatic carbocycles. The van der Waals surface area contributed by atoms with Gasteiger partial charge in [-0.15, -0.1) is 0 Å². The Bertz CT molecular complexity index is 429. The highest BCUT2D eigenvalue weighted by molar-refractivity contribution is 9.09. The largest absolute Gasteiger partial charge is 0.313 e. The molecule has 0 saturated heterocycles. The highest BCUT2D eigenvalue weighted by atomic mass is 79.9. The maximum atomic E-state index is 11.2. The molecule has 2 atom stereocenters. The number of hydrogen-bond donors (Lipinski definition) is 0. The van der Waals surface area contributed by atoms with E-state index in [1.165, 1.54) is 0 Å². The van der Waals surface area contributed by atoms with E-state index >= 15 is 0 Å². The van der Waals surface area contributed by atoms with E-state index in [4.69, 9.17) is 0 Å². The van der Waals surface area contributed by atoms with Crippen LogP contribution < -0.4 is 0 Å². The van der Waals surface area contributed by atoms with Gasteiger partial charge in [-0.05, 0) is 19.8 Å². The average Bonchev–Trinajstić information content (AvgIpc) is 2.57. The minimum Gasteiger partial charge on any atom is -0.262 e. The molecule has 5 nitrogen and oxygen atoms in total. The first-order chi connectivity index (χ1) is 8.43. The summed E-state index contributed by atoms with van der Waals surface area (Å²) in [5.74, 6) is 0.109. The van der Waals surface area contributed by atoms with Crippen molar-refractivity contribution in [3.05, 3.63) is 21.5 Å². The van der Waals surface area contributed by atoms with Crippen LogP contribution in [-0.4, -0.2) is 19.5 Å². The Morgan fingerprint density at radius 2 is 2.11 bits per heavy atom. The highest BCUT2D eigenvalue weighted by Gasteiger charge is 2.32. The lowest BCUT2D eigenvalue weighted by Crippen LogP contribution is -2.16. The van der Waals surface area contributed by atoms with E-state index in [2.05, 4.69) is 21.0 Å². The number of nitro groups is 1. The first-order valence-corrected chi connectivity index (χ1v) is 7.21. The van der Waals surface area contributed by atoms with E-state index < -0.39 is 0 Å². The predicted octanol–water partition coefficient (Wildman–Crippen LogP) is 3.79. The number of hydrogen-bond acceptors (Lipinski definition) is 3. The van der Waals surface area contributed by atoms with Crippen LogP contribution in [0.2, 0.25) is 0 Å². The summed E-state index contributed by atoms with van der Waals surface area (Å²) < 4.78 is 1.80. The molecule has 0 radical (unpaired) electrons. The van der Waals surface area contributed by atoms with Crippen LogP contribution in [0.1, 0.15) is 50.9 Å². The first kappa shape index (κ1) is 15.1. The van der Waals surface area contributed by atoms with Gasteiger partial charge in [0.15, 0.2) is 0 Å². The second-order valence-electron chi connectivity index (χ2n) is 4.49. The second-order valence-corrected chi connectivity index (χ2v) is 5.94. The van der Waals surface area contributed by atoms with Gasteiger partial charge in [0, 0.05) is 17.3 Å². The van der Waals surface area contributed by atoms with Gasteiger partial charge in [-0.25, -0.2) is 0 Å². The van der Waals surface area contributed by atoms with Crippen molar-refractivity contribution >= 4 is 21.6 Å². The molecular formula is C12H20BrN3O2. The quantitative estimate of drug-likeness (QED) is 0.455. The lowest BCUT2D eigenvalue weighted by molar-refractivity contribution is -0.386. The van der Waals surface area contributed by atoms with Crippen molar-refractivity contribution in [1.29, 1.82) is 0 Å². The molecule has 102 valence electrons. The van der Waals surface area contributed by atoms with E-state index in [1.807, 2.05) is 20.8 Å². The van der Waals surface area contributed by atoms with Crippen LogP contribution in [0, 0.1) is 17.0 Å². The molecule has 0 aliphatic rings. The standard InChI is InChI=1S/C12H20BrN3O2/c1-5-7-15-12(10(6-2)8(3)13)11(16(17)18)9(4)14-15/h8,10H,5-7H2,1-4H3. The zero-order valence-corrected chi connectivity index (χ0v) is 12.9. The number of nitrogens with zero attached hydrogens (tertiary/aromatic N) is 3. The topological polar surface area (TPSA) is 61.0 Å². The molecule has 1 rings (SSSR count). The third-order valence-electron chi connectivity index (χ3n) is 3.10. The van der Waals surface area contributed by atoms with Crippen molar-refractivity contribution in [2.75, 3.05) is 0 Å². The number of halogens is 1. The zero-order valence-electron chi connectivity index (χ0n) is 11.3. The van der Waals surface area contributed by atoms with Crippen molar-refractivity contribution in [2.45, 2.75) is 57.8 Å². The van der Waals surface area contributed by atoms with E-state index in [1.54, 1.807) is 11.6 Å². The second kappa shape index (κ2) is 6.31. The van der Waals surface area contributed by atoms with Gasteiger partial charge in [-0.1, -0.05) is 36.7 Å². The number of aryl methyl sites for hydroxylation is 2. The Balaban J connectivity index is 3.39. The molecule has 2 unspecified atom stereocenters. The molecule has 1 aromatic heterocycles. The summed E-state index contributed by atoms with van der Waals surface area (Å²) in [5.41, 5.74) is 1.45. The fourth-order valence-electron chi connectivity index (χ4n) is 2.30. The summed E-state index contributed by atoms with van der Waals surface area (Å²) in [6, 6.07) is 0. The predicted molar refractivity (Wildman–Crippen MR) is 75.3 cm³/mol. The lowest BCUT2D eigenvalue weighted by atomic mass is 9.97. The van der Waals surface area contributed by atoms with E-state index in [-0.39, 0.29) is 21.4 Å². The molecule has 0 spiro atoms. The van der Waals surface area contributed by atoms with Crippen molar-refractivity contribution in [3.8, 4) is 0 Å². The average molecular weight is 318 g/mol. The Kier molecular flexibility index (Phi) is 5.31. The Hall–Kier alpha value is -0.910. The van der Waals surface area contributed by atoms with Crippen LogP contribution in [0.3, 0.4) is 0 Å². The third-order valence-corrected chi connectivity index (χ3v) is 3.74. The van der Waals surface area contributed by atoms with Crippen molar-refractivity contribution in [2.24, 2.45) is 0 Å². The van der Waals surface area contributed by atoms with Gasteiger partial charge >= 0.3 is 5.69 Å². The highest BCUT2D eigenvalue weighted by Crippen LogP contribution is 2.36. The van der Waals surface area contributed by atoms with Gasteiger partial charge in [0.25, 0.3) is 0 Å². The fourth-order valence-corrected chi connectivity index (χ4v) is 2.92. The van der Waals surface area contributed by atoms with Crippen LogP contribution in [0.4, 0.5) is 5.69 Å². The van der Waals surface area contributed by atoms with Gasteiger partial charge in [0.1, 0.15) is 11.4 Å². The Morgan fingerprint density at radius 1 is 1.50 bits per heavy atom. The SMILES string of the molecule is CCCn1nc(C)c([N+](=O)[O-])c1C(CC)C(C)Br. The minimum absolute atomic E-state index is 0.109. The van der Waals surface area contributed by atoms with Crippen LogP contribution >= 0.6 is 15.9 Å². The smallest absolute Gasteiger partial charge is 0.262 e. The molecule has 0 saturated carbocycles. The number of rotatable bonds is 6. The molecule has 0 bridgehead atoms. The van der Waals surface area contributed by atoms with Gasteiger partial charge in [0.05, 0.1) is 4.92 Å². The van der Waals surface area contributed by atoms with Crippen LogP contribution in [-0.2, 0) is 6.54 Å². The molecule has 0 amide bonds. The summed E-state index contributed by atoms with van der Waals surface area (Å²) in [4.78, 5) is 11.1. The Labute approximate surface area is 116 Å². The molecule has 1 aromatic rings. The minimum atomic E-state index is -0.304. The first-order valence-electron chi connectivity index (χ1n) is 6.29. The molecule has 6 heteroatoms. The summed E-state index contributed by atoms with van der Waals surface area (Å²) >= 11 is 3.55. The van der Waals surface area contributed by atoms with Gasteiger partial charge in [0.2, 0.25) is 0 Å². The number of aromatic nitrogens is 2. The molecule has 0 fully saturated rings. The fraction of sp³-hybridized carbons (Fsp3) is 0.750. The molecule has 0 N–H and O–H groups in total. The maximum absolute atomic E-state index is 11.2. The molecule has 1 heterocycles. The van der Waals surface area contributed by atoms with Gasteiger partial charge in [-0.2, -0.15) is 5.10 Å². The van der Waals surface area contributed by atoms with Crippen molar-refractivity contribution in [3.63, 3.8) is 0 Å². The van der Waals surface area contributed by atoms with Crippen LogP contribution in [0.25, 0.3) is 0 Å². The van der Waals surface area contributed by atoms with Crippen LogP contribution in [0.15, 0.2) is 0 Å². The monoisotopic (exact) mass is 317 g/mol. The summed E-state index contributed by atoms with van der Waals surface area (Å²) in [6.07, 6.45) is 1.76. The summed E-state index contributed by atoms with van der Waals surface area (Å²) in [5, 5.41) is 15.6. The molecule has 0 aromatic carbocycles. The third kappa shape index (κ3) is 2.91. The van der Waals surface area contributed by atoms with Gasteiger partial charge < -0.3 is 0 Å². The number of alkyl halides is 1. The van der Waals surface area contributed by atoms with Crippen LogP contribution in [0.5, 0.6) is 0 Å². The normalized spacial score (nSPS) is 14.5. The summed E-state index contributed by atoms with van der Waals surface area (Å²) in [6.45, 7) is 8.55. The summed E-state index contributed by atoms with van der Waals surface area (Å²) in [7, 11) is 0. The van der Waals surface area contributed by atoms with E-state index in [0.717, 1.165) is 25.1 Å².